The van der Waals surface area contributed by atoms with E-state index in [1.165, 1.54) is 0 Å². The van der Waals surface area contributed by atoms with Gasteiger partial charge < -0.3 is 20.1 Å². The molecule has 0 aliphatic rings. The van der Waals surface area contributed by atoms with Crippen LogP contribution >= 0.6 is 0 Å². The van der Waals surface area contributed by atoms with Gasteiger partial charge in [-0.2, -0.15) is 0 Å². The van der Waals surface area contributed by atoms with E-state index in [9.17, 15) is 4.79 Å². The normalized spacial score (nSPS) is 10.2. The van der Waals surface area contributed by atoms with Crippen LogP contribution < -0.4 is 20.1 Å². The first-order valence-corrected chi connectivity index (χ1v) is 8.97. The minimum Gasteiger partial charge on any atom is -0.497 e. The summed E-state index contributed by atoms with van der Waals surface area (Å²) in [4.78, 5) is 16.4. The zero-order valence-electron chi connectivity index (χ0n) is 15.9. The fraction of sp³-hybridized carbons (Fsp3) is 0.182. The standard InChI is InChI=1S/C22H23N3O3/c1-27-18-10-11-19(20(14-18)28-2)24-17-9-12-21(23-15-17)25-22(26)13-8-16-6-4-3-5-7-16/h3-7,9-12,14-15,24H,8,13H2,1-2H3,(H,23,25,26). The highest BCUT2D eigenvalue weighted by Crippen LogP contribution is 2.31. The fourth-order valence-electron chi connectivity index (χ4n) is 2.71. The van der Waals surface area contributed by atoms with Crippen molar-refractivity contribution < 1.29 is 14.3 Å². The molecule has 2 N–H and O–H groups in total. The summed E-state index contributed by atoms with van der Waals surface area (Å²) in [6.45, 7) is 0. The van der Waals surface area contributed by atoms with Crippen LogP contribution in [0, 0.1) is 0 Å². The molecule has 3 rings (SSSR count). The maximum atomic E-state index is 12.1. The molecule has 0 aliphatic heterocycles. The molecule has 1 aromatic heterocycles. The van der Waals surface area contributed by atoms with Crippen molar-refractivity contribution in [1.82, 2.24) is 4.98 Å². The number of aromatic nitrogens is 1. The van der Waals surface area contributed by atoms with Crippen LogP contribution in [0.2, 0.25) is 0 Å². The number of pyridine rings is 1. The van der Waals surface area contributed by atoms with Gasteiger partial charge in [0.15, 0.2) is 0 Å². The predicted octanol–water partition coefficient (Wildman–Crippen LogP) is 4.41. The van der Waals surface area contributed by atoms with Crippen molar-refractivity contribution in [1.29, 1.82) is 0 Å². The molecule has 0 aliphatic carbocycles. The molecule has 0 fully saturated rings. The Bertz CT molecular complexity index is 912. The molecule has 0 saturated heterocycles. The number of hydrogen-bond donors (Lipinski definition) is 2. The number of rotatable bonds is 8. The van der Waals surface area contributed by atoms with Gasteiger partial charge in [-0.3, -0.25) is 4.79 Å². The van der Waals surface area contributed by atoms with E-state index >= 15 is 0 Å². The van der Waals surface area contributed by atoms with Gasteiger partial charge in [0.25, 0.3) is 0 Å². The van der Waals surface area contributed by atoms with Crippen molar-refractivity contribution in [3.05, 3.63) is 72.4 Å². The van der Waals surface area contributed by atoms with Crippen LogP contribution in [0.5, 0.6) is 11.5 Å². The molecule has 144 valence electrons. The molecule has 0 radical (unpaired) electrons. The smallest absolute Gasteiger partial charge is 0.225 e. The lowest BCUT2D eigenvalue weighted by atomic mass is 10.1. The fourth-order valence-corrected chi connectivity index (χ4v) is 2.71. The number of nitrogens with zero attached hydrogens (tertiary/aromatic N) is 1. The molecule has 0 saturated carbocycles. The number of methoxy groups -OCH3 is 2. The predicted molar refractivity (Wildman–Crippen MR) is 110 cm³/mol. The lowest BCUT2D eigenvalue weighted by Crippen LogP contribution is -2.13. The molecule has 6 heteroatoms. The molecule has 1 heterocycles. The highest BCUT2D eigenvalue weighted by atomic mass is 16.5. The lowest BCUT2D eigenvalue weighted by Gasteiger charge is -2.12. The molecule has 6 nitrogen and oxygen atoms in total. The number of hydrogen-bond acceptors (Lipinski definition) is 5. The van der Waals surface area contributed by atoms with Gasteiger partial charge in [-0.05, 0) is 36.2 Å². The van der Waals surface area contributed by atoms with Gasteiger partial charge in [0.05, 0.1) is 31.8 Å². The number of carbonyl (C=O) groups is 1. The zero-order chi connectivity index (χ0) is 19.8. The topological polar surface area (TPSA) is 72.5 Å². The summed E-state index contributed by atoms with van der Waals surface area (Å²) >= 11 is 0. The summed E-state index contributed by atoms with van der Waals surface area (Å²) in [5.41, 5.74) is 2.72. The molecule has 0 bridgehead atoms. The van der Waals surface area contributed by atoms with E-state index in [4.69, 9.17) is 9.47 Å². The molecular formula is C22H23N3O3. The van der Waals surface area contributed by atoms with Gasteiger partial charge in [0, 0.05) is 12.5 Å². The Hall–Kier alpha value is -3.54. The van der Waals surface area contributed by atoms with Gasteiger partial charge in [-0.25, -0.2) is 4.98 Å². The molecule has 28 heavy (non-hydrogen) atoms. The van der Waals surface area contributed by atoms with Crippen LogP contribution in [0.3, 0.4) is 0 Å². The second-order valence-electron chi connectivity index (χ2n) is 6.16. The number of benzene rings is 2. The van der Waals surface area contributed by atoms with Gasteiger partial charge in [0.1, 0.15) is 17.3 Å². The van der Waals surface area contributed by atoms with Crippen molar-refractivity contribution in [2.24, 2.45) is 0 Å². The van der Waals surface area contributed by atoms with E-state index in [1.807, 2.05) is 48.5 Å². The minimum absolute atomic E-state index is 0.0612. The van der Waals surface area contributed by atoms with E-state index in [1.54, 1.807) is 32.5 Å². The minimum atomic E-state index is -0.0612. The first-order chi connectivity index (χ1) is 13.7. The third-order valence-corrected chi connectivity index (χ3v) is 4.20. The quantitative estimate of drug-likeness (QED) is 0.608. The Morgan fingerprint density at radius 1 is 1.00 bits per heavy atom. The summed E-state index contributed by atoms with van der Waals surface area (Å²) in [5, 5.41) is 6.07. The average Bonchev–Trinajstić information content (AvgIpc) is 2.74. The number of carbonyl (C=O) groups excluding carboxylic acids is 1. The molecular weight excluding hydrogens is 354 g/mol. The van der Waals surface area contributed by atoms with Gasteiger partial charge in [0.2, 0.25) is 5.91 Å². The highest BCUT2D eigenvalue weighted by Gasteiger charge is 2.07. The maximum Gasteiger partial charge on any atom is 0.225 e. The first-order valence-electron chi connectivity index (χ1n) is 8.97. The monoisotopic (exact) mass is 377 g/mol. The van der Waals surface area contributed by atoms with Crippen molar-refractivity contribution in [3.63, 3.8) is 0 Å². The Morgan fingerprint density at radius 2 is 1.82 bits per heavy atom. The Kier molecular flexibility index (Phi) is 6.46. The van der Waals surface area contributed by atoms with Crippen LogP contribution in [0.1, 0.15) is 12.0 Å². The number of amides is 1. The van der Waals surface area contributed by atoms with E-state index in [-0.39, 0.29) is 5.91 Å². The molecule has 0 atom stereocenters. The largest absolute Gasteiger partial charge is 0.497 e. The molecule has 3 aromatic rings. The van der Waals surface area contributed by atoms with E-state index in [2.05, 4.69) is 15.6 Å². The maximum absolute atomic E-state index is 12.1. The third-order valence-electron chi connectivity index (χ3n) is 4.20. The highest BCUT2D eigenvalue weighted by molar-refractivity contribution is 5.90. The van der Waals surface area contributed by atoms with Crippen molar-refractivity contribution in [2.75, 3.05) is 24.9 Å². The van der Waals surface area contributed by atoms with Crippen LogP contribution in [-0.4, -0.2) is 25.1 Å². The Morgan fingerprint density at radius 3 is 2.50 bits per heavy atom. The molecule has 2 aromatic carbocycles. The number of ether oxygens (including phenoxy) is 2. The van der Waals surface area contributed by atoms with Crippen LogP contribution in [0.4, 0.5) is 17.2 Å². The SMILES string of the molecule is COc1ccc(Nc2ccc(NC(=O)CCc3ccccc3)nc2)c(OC)c1. The number of nitrogens with one attached hydrogen (secondary N) is 2. The summed E-state index contributed by atoms with van der Waals surface area (Å²) in [6, 6.07) is 19.1. The zero-order valence-corrected chi connectivity index (χ0v) is 15.9. The summed E-state index contributed by atoms with van der Waals surface area (Å²) in [5.74, 6) is 1.84. The summed E-state index contributed by atoms with van der Waals surface area (Å²) < 4.78 is 10.6. The van der Waals surface area contributed by atoms with E-state index in [0.717, 1.165) is 16.9 Å². The number of anilines is 3. The van der Waals surface area contributed by atoms with E-state index in [0.29, 0.717) is 30.2 Å². The molecule has 0 unspecified atom stereocenters. The number of aryl methyl sites for hydroxylation is 1. The Labute approximate surface area is 164 Å². The first kappa shape index (κ1) is 19.2. The second kappa shape index (κ2) is 9.41. The van der Waals surface area contributed by atoms with Gasteiger partial charge in [-0.1, -0.05) is 30.3 Å². The lowest BCUT2D eigenvalue weighted by molar-refractivity contribution is -0.116. The average molecular weight is 377 g/mol. The van der Waals surface area contributed by atoms with E-state index < -0.39 is 0 Å². The van der Waals surface area contributed by atoms with Crippen molar-refractivity contribution in [3.8, 4) is 11.5 Å². The summed E-state index contributed by atoms with van der Waals surface area (Å²) in [6.07, 6.45) is 2.77. The van der Waals surface area contributed by atoms with Crippen molar-refractivity contribution >= 4 is 23.1 Å². The van der Waals surface area contributed by atoms with Gasteiger partial charge >= 0.3 is 0 Å². The van der Waals surface area contributed by atoms with Crippen LogP contribution in [0.25, 0.3) is 0 Å². The third kappa shape index (κ3) is 5.23. The molecule has 1 amide bonds. The Balaban J connectivity index is 1.57. The van der Waals surface area contributed by atoms with Crippen LogP contribution in [-0.2, 0) is 11.2 Å². The van der Waals surface area contributed by atoms with Gasteiger partial charge in [-0.15, -0.1) is 0 Å². The molecule has 0 spiro atoms. The van der Waals surface area contributed by atoms with Crippen LogP contribution in [0.15, 0.2) is 66.9 Å². The summed E-state index contributed by atoms with van der Waals surface area (Å²) in [7, 11) is 3.21. The second-order valence-corrected chi connectivity index (χ2v) is 6.16. The van der Waals surface area contributed by atoms with Crippen molar-refractivity contribution in [2.45, 2.75) is 12.8 Å².